The quantitative estimate of drug-likeness (QED) is 0.548. The Labute approximate surface area is 80.8 Å². The van der Waals surface area contributed by atoms with Crippen LogP contribution >= 0.6 is 0 Å². The molecule has 4 heteroatoms. The lowest BCUT2D eigenvalue weighted by Gasteiger charge is -2.15. The molecule has 0 aromatic heterocycles. The van der Waals surface area contributed by atoms with Gasteiger partial charge in [0.1, 0.15) is 0 Å². The topological polar surface area (TPSA) is 74.6 Å². The molecule has 0 saturated carbocycles. The number of hydrogen-bond donors (Lipinski definition) is 2. The Morgan fingerprint density at radius 3 is 2.14 bits per heavy atom. The summed E-state index contributed by atoms with van der Waals surface area (Å²) in [5.74, 6) is -2.36. The Kier molecular flexibility index (Phi) is 2.67. The molecule has 74 valence electrons. The van der Waals surface area contributed by atoms with E-state index in [0.717, 1.165) is 6.92 Å². The first-order valence-corrected chi connectivity index (χ1v) is 4.02. The molecule has 1 rings (SSSR count). The summed E-state index contributed by atoms with van der Waals surface area (Å²) < 4.78 is 0. The lowest BCUT2D eigenvalue weighted by Crippen LogP contribution is -2.43. The van der Waals surface area contributed by atoms with Crippen molar-refractivity contribution >= 4 is 11.8 Å². The Bertz CT molecular complexity index is 354. The number of ketones is 1. The predicted molar refractivity (Wildman–Crippen MR) is 49.0 cm³/mol. The first-order chi connectivity index (χ1) is 6.46. The molecule has 1 atom stereocenters. The number of benzene rings is 1. The molecule has 0 aliphatic rings. The van der Waals surface area contributed by atoms with Crippen LogP contribution in [0.3, 0.4) is 0 Å². The van der Waals surface area contributed by atoms with Gasteiger partial charge in [0.25, 0.3) is 0 Å². The van der Waals surface area contributed by atoms with Crippen molar-refractivity contribution in [3.63, 3.8) is 0 Å². The van der Waals surface area contributed by atoms with Gasteiger partial charge in [-0.1, -0.05) is 30.3 Å². The second-order valence-electron chi connectivity index (χ2n) is 3.07. The molecule has 0 bridgehead atoms. The van der Waals surface area contributed by atoms with Crippen molar-refractivity contribution in [2.24, 2.45) is 0 Å². The van der Waals surface area contributed by atoms with E-state index < -0.39 is 17.4 Å². The number of aliphatic carboxylic acids is 1. The Balaban J connectivity index is 3.03. The summed E-state index contributed by atoms with van der Waals surface area (Å²) in [7, 11) is 0. The molecule has 0 spiro atoms. The van der Waals surface area contributed by atoms with Crippen LogP contribution in [0.1, 0.15) is 17.3 Å². The Morgan fingerprint density at radius 2 is 1.71 bits per heavy atom. The molecule has 1 unspecified atom stereocenters. The molecule has 1 aromatic carbocycles. The van der Waals surface area contributed by atoms with Gasteiger partial charge < -0.3 is 10.2 Å². The van der Waals surface area contributed by atoms with Crippen LogP contribution in [0.15, 0.2) is 30.3 Å². The van der Waals surface area contributed by atoms with Gasteiger partial charge in [-0.25, -0.2) is 4.79 Å². The molecule has 0 aliphatic heterocycles. The molecule has 1 aromatic rings. The first-order valence-electron chi connectivity index (χ1n) is 4.02. The average molecular weight is 194 g/mol. The summed E-state index contributed by atoms with van der Waals surface area (Å²) in [6.07, 6.45) is 0. The van der Waals surface area contributed by atoms with Gasteiger partial charge in [-0.2, -0.15) is 0 Å². The minimum Gasteiger partial charge on any atom is -0.479 e. The number of carbonyl (C=O) groups excluding carboxylic acids is 1. The molecule has 0 aliphatic carbocycles. The van der Waals surface area contributed by atoms with E-state index in [-0.39, 0.29) is 5.56 Å². The molecule has 0 radical (unpaired) electrons. The van der Waals surface area contributed by atoms with Crippen molar-refractivity contribution in [2.75, 3.05) is 0 Å². The number of hydrogen-bond acceptors (Lipinski definition) is 3. The second kappa shape index (κ2) is 3.59. The summed E-state index contributed by atoms with van der Waals surface area (Å²) in [6.45, 7) is 0.963. The third-order valence-corrected chi connectivity index (χ3v) is 1.89. The largest absolute Gasteiger partial charge is 0.479 e. The van der Waals surface area contributed by atoms with Crippen LogP contribution in [-0.2, 0) is 4.79 Å². The Morgan fingerprint density at radius 1 is 1.21 bits per heavy atom. The summed E-state index contributed by atoms with van der Waals surface area (Å²) in [5.41, 5.74) is -2.18. The van der Waals surface area contributed by atoms with Gasteiger partial charge >= 0.3 is 5.97 Å². The van der Waals surface area contributed by atoms with E-state index in [1.807, 2.05) is 0 Å². The maximum absolute atomic E-state index is 11.5. The molecule has 2 N–H and O–H groups in total. The maximum Gasteiger partial charge on any atom is 0.343 e. The van der Waals surface area contributed by atoms with Gasteiger partial charge in [0.2, 0.25) is 11.4 Å². The minimum absolute atomic E-state index is 0.180. The number of carboxylic acid groups (broad SMARTS) is 1. The average Bonchev–Trinajstić information content (AvgIpc) is 2.17. The Hall–Kier alpha value is -1.68. The van der Waals surface area contributed by atoms with Gasteiger partial charge in [-0.15, -0.1) is 0 Å². The van der Waals surface area contributed by atoms with Crippen LogP contribution in [-0.4, -0.2) is 27.6 Å². The van der Waals surface area contributed by atoms with E-state index in [9.17, 15) is 14.7 Å². The number of carboxylic acids is 1. The molecule has 0 heterocycles. The number of aliphatic hydroxyl groups is 1. The smallest absolute Gasteiger partial charge is 0.343 e. The fraction of sp³-hybridized carbons (Fsp3) is 0.200. The summed E-state index contributed by atoms with van der Waals surface area (Å²) in [5, 5.41) is 18.0. The van der Waals surface area contributed by atoms with Crippen LogP contribution in [0.4, 0.5) is 0 Å². The molecular formula is C10H10O4. The van der Waals surface area contributed by atoms with E-state index in [1.165, 1.54) is 12.1 Å². The summed E-state index contributed by atoms with van der Waals surface area (Å²) in [4.78, 5) is 22.0. The standard InChI is InChI=1S/C10H10O4/c1-10(14,9(12)13)8(11)7-5-3-2-4-6-7/h2-6,14H,1H3,(H,12,13). The molecule has 14 heavy (non-hydrogen) atoms. The van der Waals surface area contributed by atoms with Crippen molar-refractivity contribution < 1.29 is 19.8 Å². The molecular weight excluding hydrogens is 184 g/mol. The molecule has 0 fully saturated rings. The van der Waals surface area contributed by atoms with Crippen molar-refractivity contribution in [3.05, 3.63) is 35.9 Å². The zero-order valence-corrected chi connectivity index (χ0v) is 7.60. The van der Waals surface area contributed by atoms with Crippen LogP contribution in [0.5, 0.6) is 0 Å². The van der Waals surface area contributed by atoms with Crippen molar-refractivity contribution in [2.45, 2.75) is 12.5 Å². The molecule has 4 nitrogen and oxygen atoms in total. The highest BCUT2D eigenvalue weighted by atomic mass is 16.4. The summed E-state index contributed by atoms with van der Waals surface area (Å²) in [6, 6.07) is 7.82. The minimum atomic E-state index is -2.36. The highest BCUT2D eigenvalue weighted by Crippen LogP contribution is 2.13. The van der Waals surface area contributed by atoms with Crippen LogP contribution in [0, 0.1) is 0 Å². The zero-order valence-electron chi connectivity index (χ0n) is 7.60. The molecule has 0 amide bonds. The van der Waals surface area contributed by atoms with Crippen LogP contribution < -0.4 is 0 Å². The first kappa shape index (κ1) is 10.4. The zero-order chi connectivity index (χ0) is 10.8. The third-order valence-electron chi connectivity index (χ3n) is 1.89. The fourth-order valence-electron chi connectivity index (χ4n) is 0.968. The van der Waals surface area contributed by atoms with E-state index in [0.29, 0.717) is 0 Å². The van der Waals surface area contributed by atoms with Gasteiger partial charge in [0.15, 0.2) is 0 Å². The number of carbonyl (C=O) groups is 2. The summed E-state index contributed by atoms with van der Waals surface area (Å²) >= 11 is 0. The van der Waals surface area contributed by atoms with Crippen molar-refractivity contribution in [1.29, 1.82) is 0 Å². The van der Waals surface area contributed by atoms with E-state index in [2.05, 4.69) is 0 Å². The SMILES string of the molecule is CC(O)(C(=O)O)C(=O)c1ccccc1. The highest BCUT2D eigenvalue weighted by molar-refractivity contribution is 6.14. The van der Waals surface area contributed by atoms with Crippen molar-refractivity contribution in [3.8, 4) is 0 Å². The van der Waals surface area contributed by atoms with Gasteiger partial charge in [0, 0.05) is 5.56 Å². The van der Waals surface area contributed by atoms with Gasteiger partial charge in [-0.05, 0) is 6.92 Å². The number of rotatable bonds is 3. The monoisotopic (exact) mass is 194 g/mol. The number of Topliss-reactive ketones (excluding diaryl/α,β-unsaturated/α-hetero) is 1. The van der Waals surface area contributed by atoms with Crippen LogP contribution in [0.25, 0.3) is 0 Å². The third kappa shape index (κ3) is 1.80. The van der Waals surface area contributed by atoms with Gasteiger partial charge in [0.05, 0.1) is 0 Å². The molecule has 0 saturated heterocycles. The lowest BCUT2D eigenvalue weighted by molar-refractivity contribution is -0.151. The lowest BCUT2D eigenvalue weighted by atomic mass is 9.95. The van der Waals surface area contributed by atoms with Crippen LogP contribution in [0.2, 0.25) is 0 Å². The van der Waals surface area contributed by atoms with E-state index in [4.69, 9.17) is 5.11 Å². The normalized spacial score (nSPS) is 14.4. The predicted octanol–water partition coefficient (Wildman–Crippen LogP) is 0.705. The maximum atomic E-state index is 11.5. The fourth-order valence-corrected chi connectivity index (χ4v) is 0.968. The van der Waals surface area contributed by atoms with Crippen molar-refractivity contribution in [1.82, 2.24) is 0 Å². The van der Waals surface area contributed by atoms with E-state index in [1.54, 1.807) is 18.2 Å². The van der Waals surface area contributed by atoms with E-state index >= 15 is 0 Å². The second-order valence-corrected chi connectivity index (χ2v) is 3.07. The van der Waals surface area contributed by atoms with Gasteiger partial charge in [-0.3, -0.25) is 4.79 Å². The highest BCUT2D eigenvalue weighted by Gasteiger charge is 2.39.